The van der Waals surface area contributed by atoms with Crippen LogP contribution in [0.4, 0.5) is 5.82 Å². The van der Waals surface area contributed by atoms with Crippen LogP contribution in [0.2, 0.25) is 0 Å². The van der Waals surface area contributed by atoms with Crippen molar-refractivity contribution in [2.45, 2.75) is 32.1 Å². The van der Waals surface area contributed by atoms with E-state index in [1.165, 1.54) is 22.8 Å². The fourth-order valence-electron chi connectivity index (χ4n) is 3.23. The van der Waals surface area contributed by atoms with E-state index >= 15 is 0 Å². The van der Waals surface area contributed by atoms with E-state index in [1.54, 1.807) is 19.1 Å². The number of fused-ring (bicyclic) bond motifs is 1. The SMILES string of the molecule is CCc1nc2ccc(C)cc2c(=O)n1-c1ccc(S(=O)(=O)Nc2cc(C)on2)cc1. The van der Waals surface area contributed by atoms with Crippen LogP contribution in [0.5, 0.6) is 0 Å². The molecule has 0 saturated heterocycles. The van der Waals surface area contributed by atoms with Crippen molar-refractivity contribution < 1.29 is 12.9 Å². The van der Waals surface area contributed by atoms with Gasteiger partial charge in [-0.3, -0.25) is 14.1 Å². The van der Waals surface area contributed by atoms with Crippen LogP contribution < -0.4 is 10.3 Å². The number of aryl methyl sites for hydroxylation is 3. The summed E-state index contributed by atoms with van der Waals surface area (Å²) in [5.41, 5.74) is 1.97. The van der Waals surface area contributed by atoms with Crippen molar-refractivity contribution in [3.8, 4) is 5.69 Å². The number of benzene rings is 2. The van der Waals surface area contributed by atoms with Gasteiger partial charge in [-0.25, -0.2) is 13.4 Å². The number of sulfonamides is 1. The molecule has 1 N–H and O–H groups in total. The Morgan fingerprint density at radius 3 is 2.43 bits per heavy atom. The van der Waals surface area contributed by atoms with Crippen LogP contribution in [-0.4, -0.2) is 23.1 Å². The van der Waals surface area contributed by atoms with E-state index < -0.39 is 10.0 Å². The number of hydrogen-bond acceptors (Lipinski definition) is 6. The predicted octanol–water partition coefficient (Wildman–Crippen LogP) is 3.35. The molecule has 2 aromatic carbocycles. The standard InChI is InChI=1S/C21H20N4O4S/c1-4-20-22-18-10-5-13(2)11-17(18)21(26)25(20)15-6-8-16(9-7-15)30(27,28)24-19-12-14(3)29-23-19/h5-12H,4H2,1-3H3,(H,23,24). The minimum Gasteiger partial charge on any atom is -0.360 e. The second-order valence-corrected chi connectivity index (χ2v) is 8.65. The van der Waals surface area contributed by atoms with Gasteiger partial charge in [-0.1, -0.05) is 23.7 Å². The maximum atomic E-state index is 13.2. The maximum absolute atomic E-state index is 13.2. The van der Waals surface area contributed by atoms with Gasteiger partial charge >= 0.3 is 0 Å². The predicted molar refractivity (Wildman–Crippen MR) is 114 cm³/mol. The Kier molecular flexibility index (Phi) is 4.90. The van der Waals surface area contributed by atoms with Gasteiger partial charge < -0.3 is 4.52 Å². The van der Waals surface area contributed by atoms with Crippen LogP contribution in [0.3, 0.4) is 0 Å². The lowest BCUT2D eigenvalue weighted by Gasteiger charge is -2.13. The third-order valence-corrected chi connectivity index (χ3v) is 6.05. The Hall–Kier alpha value is -3.46. The molecule has 4 aromatic rings. The smallest absolute Gasteiger partial charge is 0.265 e. The zero-order chi connectivity index (χ0) is 21.5. The van der Waals surface area contributed by atoms with Crippen molar-refractivity contribution in [2.75, 3.05) is 4.72 Å². The first-order chi connectivity index (χ1) is 14.3. The molecule has 2 aromatic heterocycles. The van der Waals surface area contributed by atoms with Gasteiger partial charge in [-0.2, -0.15) is 0 Å². The molecule has 9 heteroatoms. The number of nitrogens with zero attached hydrogens (tertiary/aromatic N) is 3. The maximum Gasteiger partial charge on any atom is 0.265 e. The van der Waals surface area contributed by atoms with E-state index in [4.69, 9.17) is 4.52 Å². The first kappa shape index (κ1) is 19.8. The molecule has 0 fully saturated rings. The lowest BCUT2D eigenvalue weighted by Crippen LogP contribution is -2.24. The van der Waals surface area contributed by atoms with Crippen LogP contribution in [0.1, 0.15) is 24.1 Å². The summed E-state index contributed by atoms with van der Waals surface area (Å²) in [6.45, 7) is 5.50. The van der Waals surface area contributed by atoms with E-state index in [1.807, 2.05) is 32.0 Å². The Morgan fingerprint density at radius 2 is 1.80 bits per heavy atom. The van der Waals surface area contributed by atoms with Gasteiger partial charge in [-0.15, -0.1) is 0 Å². The van der Waals surface area contributed by atoms with Crippen molar-refractivity contribution in [3.05, 3.63) is 76.0 Å². The van der Waals surface area contributed by atoms with E-state index in [2.05, 4.69) is 14.9 Å². The largest absolute Gasteiger partial charge is 0.360 e. The van der Waals surface area contributed by atoms with Crippen molar-refractivity contribution in [3.63, 3.8) is 0 Å². The van der Waals surface area contributed by atoms with Crippen molar-refractivity contribution in [2.24, 2.45) is 0 Å². The zero-order valence-electron chi connectivity index (χ0n) is 16.7. The van der Waals surface area contributed by atoms with E-state index in [-0.39, 0.29) is 16.3 Å². The van der Waals surface area contributed by atoms with E-state index in [9.17, 15) is 13.2 Å². The van der Waals surface area contributed by atoms with Gasteiger partial charge in [0, 0.05) is 12.5 Å². The molecule has 0 radical (unpaired) electrons. The molecular weight excluding hydrogens is 404 g/mol. The normalized spacial score (nSPS) is 11.7. The molecule has 0 atom stereocenters. The fraction of sp³-hybridized carbons (Fsp3) is 0.190. The van der Waals surface area contributed by atoms with E-state index in [0.717, 1.165) is 5.56 Å². The second-order valence-electron chi connectivity index (χ2n) is 6.96. The first-order valence-corrected chi connectivity index (χ1v) is 10.9. The lowest BCUT2D eigenvalue weighted by atomic mass is 10.1. The summed E-state index contributed by atoms with van der Waals surface area (Å²) in [6.07, 6.45) is 0.548. The van der Waals surface area contributed by atoms with Crippen molar-refractivity contribution in [1.82, 2.24) is 14.7 Å². The fourth-order valence-corrected chi connectivity index (χ4v) is 4.22. The first-order valence-electron chi connectivity index (χ1n) is 9.37. The third kappa shape index (κ3) is 3.59. The number of rotatable bonds is 5. The highest BCUT2D eigenvalue weighted by Crippen LogP contribution is 2.19. The van der Waals surface area contributed by atoms with Crippen LogP contribution in [0.25, 0.3) is 16.6 Å². The van der Waals surface area contributed by atoms with Gasteiger partial charge in [0.05, 0.1) is 21.5 Å². The molecule has 0 unspecified atom stereocenters. The molecule has 0 saturated carbocycles. The van der Waals surface area contributed by atoms with E-state index in [0.29, 0.717) is 34.6 Å². The van der Waals surface area contributed by atoms with Crippen LogP contribution in [0, 0.1) is 13.8 Å². The zero-order valence-corrected chi connectivity index (χ0v) is 17.5. The molecule has 0 bridgehead atoms. The van der Waals surface area contributed by atoms with Crippen LogP contribution in [-0.2, 0) is 16.4 Å². The Bertz CT molecular complexity index is 1400. The molecule has 2 heterocycles. The van der Waals surface area contributed by atoms with Crippen LogP contribution in [0.15, 0.2) is 62.7 Å². The molecule has 30 heavy (non-hydrogen) atoms. The summed E-state index contributed by atoms with van der Waals surface area (Å²) >= 11 is 0. The molecule has 0 aliphatic rings. The molecule has 4 rings (SSSR count). The molecule has 0 spiro atoms. The monoisotopic (exact) mass is 424 g/mol. The van der Waals surface area contributed by atoms with Gasteiger partial charge in [0.25, 0.3) is 15.6 Å². The molecule has 0 aliphatic carbocycles. The lowest BCUT2D eigenvalue weighted by molar-refractivity contribution is 0.400. The summed E-state index contributed by atoms with van der Waals surface area (Å²) in [5, 5.41) is 4.16. The summed E-state index contributed by atoms with van der Waals surface area (Å²) < 4.78 is 33.9. The highest BCUT2D eigenvalue weighted by Gasteiger charge is 2.17. The van der Waals surface area contributed by atoms with Crippen molar-refractivity contribution >= 4 is 26.7 Å². The molecule has 154 valence electrons. The molecule has 0 amide bonds. The summed E-state index contributed by atoms with van der Waals surface area (Å²) in [4.78, 5) is 17.8. The number of nitrogens with one attached hydrogen (secondary N) is 1. The average Bonchev–Trinajstić information content (AvgIpc) is 3.12. The summed E-state index contributed by atoms with van der Waals surface area (Å²) in [7, 11) is -3.84. The van der Waals surface area contributed by atoms with Gasteiger partial charge in [0.15, 0.2) is 5.82 Å². The summed E-state index contributed by atoms with van der Waals surface area (Å²) in [6, 6.07) is 13.1. The summed E-state index contributed by atoms with van der Waals surface area (Å²) in [5.74, 6) is 1.20. The second kappa shape index (κ2) is 7.42. The molecule has 8 nitrogen and oxygen atoms in total. The Balaban J connectivity index is 1.76. The Morgan fingerprint density at radius 1 is 1.07 bits per heavy atom. The number of aromatic nitrogens is 3. The van der Waals surface area contributed by atoms with Crippen LogP contribution >= 0.6 is 0 Å². The minimum atomic E-state index is -3.84. The van der Waals surface area contributed by atoms with Gasteiger partial charge in [-0.05, 0) is 50.2 Å². The highest BCUT2D eigenvalue weighted by molar-refractivity contribution is 7.92. The third-order valence-electron chi connectivity index (χ3n) is 4.68. The van der Waals surface area contributed by atoms with Gasteiger partial charge in [0.1, 0.15) is 11.6 Å². The molecular formula is C21H20N4O4S. The Labute approximate surface area is 173 Å². The number of hydrogen-bond donors (Lipinski definition) is 1. The quantitative estimate of drug-likeness (QED) is 0.526. The topological polar surface area (TPSA) is 107 Å². The highest BCUT2D eigenvalue weighted by atomic mass is 32.2. The minimum absolute atomic E-state index is 0.0441. The molecule has 0 aliphatic heterocycles. The van der Waals surface area contributed by atoms with Crippen molar-refractivity contribution in [1.29, 1.82) is 0 Å². The van der Waals surface area contributed by atoms with Gasteiger partial charge in [0.2, 0.25) is 0 Å². The average molecular weight is 424 g/mol. The number of anilines is 1.